The molecular weight excluding hydrogens is 698 g/mol. The molecule has 0 heterocycles. The Kier molecular flexibility index (Phi) is 9.04. The molecule has 9 aromatic rings. The third-order valence-electron chi connectivity index (χ3n) is 10.3. The highest BCUT2D eigenvalue weighted by Crippen LogP contribution is 2.45. The molecule has 9 rings (SSSR count). The fourth-order valence-corrected chi connectivity index (χ4v) is 7.73. The van der Waals surface area contributed by atoms with Gasteiger partial charge in [-0.15, -0.1) is 0 Å². The Labute approximate surface area is 324 Å². The van der Waals surface area contributed by atoms with Crippen LogP contribution in [0.2, 0.25) is 0 Å². The molecule has 2 nitrogen and oxygen atoms in total. The van der Waals surface area contributed by atoms with Gasteiger partial charge in [-0.3, -0.25) is 0 Å². The number of nitrogens with zero attached hydrogens (tertiary/aromatic N) is 2. The molecule has 56 heavy (non-hydrogen) atoms. The first-order valence-electron chi connectivity index (χ1n) is 18.5. The van der Waals surface area contributed by atoms with Crippen molar-refractivity contribution in [2.24, 2.45) is 0 Å². The summed E-state index contributed by atoms with van der Waals surface area (Å²) < 4.78 is 40.5. The molecule has 270 valence electrons. The van der Waals surface area contributed by atoms with Crippen molar-refractivity contribution in [1.29, 1.82) is 0 Å². The van der Waals surface area contributed by atoms with Crippen molar-refractivity contribution < 1.29 is 13.2 Å². The third kappa shape index (κ3) is 6.54. The van der Waals surface area contributed by atoms with E-state index in [1.807, 2.05) is 54.6 Å². The highest BCUT2D eigenvalue weighted by atomic mass is 19.4. The van der Waals surface area contributed by atoms with Crippen LogP contribution in [0.25, 0.3) is 43.8 Å². The van der Waals surface area contributed by atoms with Crippen LogP contribution in [0.3, 0.4) is 0 Å². The lowest BCUT2D eigenvalue weighted by Crippen LogP contribution is -2.12. The Morgan fingerprint density at radius 2 is 0.518 bits per heavy atom. The fourth-order valence-electron chi connectivity index (χ4n) is 7.73. The van der Waals surface area contributed by atoms with E-state index in [0.29, 0.717) is 0 Å². The topological polar surface area (TPSA) is 6.48 Å². The van der Waals surface area contributed by atoms with Crippen LogP contribution in [0, 0.1) is 0 Å². The molecule has 0 unspecified atom stereocenters. The normalized spacial score (nSPS) is 11.5. The Bertz CT molecular complexity index is 2650. The first kappa shape index (κ1) is 34.6. The first-order chi connectivity index (χ1) is 27.4. The van der Waals surface area contributed by atoms with Crippen molar-refractivity contribution in [3.05, 3.63) is 218 Å². The molecule has 0 saturated carbocycles. The van der Waals surface area contributed by atoms with Gasteiger partial charge in [0.25, 0.3) is 0 Å². The first-order valence-corrected chi connectivity index (χ1v) is 18.5. The van der Waals surface area contributed by atoms with E-state index in [4.69, 9.17) is 0 Å². The lowest BCUT2D eigenvalue weighted by molar-refractivity contribution is -0.137. The SMILES string of the molecule is FC(F)(F)c1ccc(-c2c3ccccc3c(-c3ccc(N(c4ccccc4)c4ccc(N(c5ccccc5)c5ccccc5)cc4)cc3)c3ccccc23)cc1. The molecule has 0 aliphatic rings. The van der Waals surface area contributed by atoms with E-state index in [-0.39, 0.29) is 0 Å². The maximum Gasteiger partial charge on any atom is 0.416 e. The summed E-state index contributed by atoms with van der Waals surface area (Å²) in [7, 11) is 0. The molecule has 0 aromatic heterocycles. The Morgan fingerprint density at radius 3 is 0.821 bits per heavy atom. The number of alkyl halides is 3. The highest BCUT2D eigenvalue weighted by Gasteiger charge is 2.30. The second-order valence-corrected chi connectivity index (χ2v) is 13.7. The average molecular weight is 733 g/mol. The fraction of sp³-hybridized carbons (Fsp3) is 0.0196. The predicted octanol–water partition coefficient (Wildman–Crippen LogP) is 15.3. The lowest BCUT2D eigenvalue weighted by atomic mass is 9.86. The summed E-state index contributed by atoms with van der Waals surface area (Å²) in [6.45, 7) is 0. The van der Waals surface area contributed by atoms with Gasteiger partial charge in [0, 0.05) is 34.1 Å². The van der Waals surface area contributed by atoms with E-state index in [1.54, 1.807) is 12.1 Å². The summed E-state index contributed by atoms with van der Waals surface area (Å²) in [6, 6.07) is 70.2. The van der Waals surface area contributed by atoms with Crippen molar-refractivity contribution in [3.8, 4) is 22.3 Å². The van der Waals surface area contributed by atoms with Crippen molar-refractivity contribution in [3.63, 3.8) is 0 Å². The van der Waals surface area contributed by atoms with Crippen molar-refractivity contribution in [1.82, 2.24) is 0 Å². The average Bonchev–Trinajstić information content (AvgIpc) is 3.25. The second kappa shape index (κ2) is 14.6. The van der Waals surface area contributed by atoms with E-state index >= 15 is 0 Å². The molecule has 0 fully saturated rings. The largest absolute Gasteiger partial charge is 0.416 e. The van der Waals surface area contributed by atoms with Crippen LogP contribution in [0.15, 0.2) is 212 Å². The van der Waals surface area contributed by atoms with Gasteiger partial charge in [-0.2, -0.15) is 13.2 Å². The monoisotopic (exact) mass is 732 g/mol. The van der Waals surface area contributed by atoms with E-state index in [1.165, 1.54) is 12.1 Å². The number of fused-ring (bicyclic) bond motifs is 2. The van der Waals surface area contributed by atoms with Crippen LogP contribution in [-0.2, 0) is 6.18 Å². The molecule has 0 aliphatic carbocycles. The zero-order chi connectivity index (χ0) is 38.1. The zero-order valence-electron chi connectivity index (χ0n) is 30.2. The van der Waals surface area contributed by atoms with Gasteiger partial charge in [0.1, 0.15) is 0 Å². The van der Waals surface area contributed by atoms with Gasteiger partial charge < -0.3 is 9.80 Å². The summed E-state index contributed by atoms with van der Waals surface area (Å²) in [5.74, 6) is 0. The van der Waals surface area contributed by atoms with Gasteiger partial charge in [0.2, 0.25) is 0 Å². The Morgan fingerprint density at radius 1 is 0.268 bits per heavy atom. The molecular formula is C51H35F3N2. The van der Waals surface area contributed by atoms with Gasteiger partial charge in [-0.25, -0.2) is 0 Å². The minimum absolute atomic E-state index is 0.659. The molecule has 0 bridgehead atoms. The Hall–Kier alpha value is -7.11. The molecule has 0 atom stereocenters. The van der Waals surface area contributed by atoms with Gasteiger partial charge in [-0.1, -0.05) is 127 Å². The van der Waals surface area contributed by atoms with Crippen LogP contribution >= 0.6 is 0 Å². The van der Waals surface area contributed by atoms with Crippen LogP contribution in [0.5, 0.6) is 0 Å². The zero-order valence-corrected chi connectivity index (χ0v) is 30.2. The smallest absolute Gasteiger partial charge is 0.311 e. The number of rotatable bonds is 8. The summed E-state index contributed by atoms with van der Waals surface area (Å²) >= 11 is 0. The van der Waals surface area contributed by atoms with Crippen LogP contribution in [0.4, 0.5) is 47.3 Å². The molecule has 0 saturated heterocycles. The molecule has 0 amide bonds. The quantitative estimate of drug-likeness (QED) is 0.144. The predicted molar refractivity (Wildman–Crippen MR) is 227 cm³/mol. The number of hydrogen-bond donors (Lipinski definition) is 0. The Balaban J connectivity index is 1.13. The van der Waals surface area contributed by atoms with Crippen molar-refractivity contribution in [2.45, 2.75) is 6.18 Å². The van der Waals surface area contributed by atoms with E-state index in [0.717, 1.165) is 77.9 Å². The van der Waals surface area contributed by atoms with Crippen molar-refractivity contribution in [2.75, 3.05) is 9.80 Å². The standard InChI is InChI=1S/C51H35F3N2/c52-51(53,54)38-28-24-36(25-29-38)49-45-20-10-12-22-47(45)50(48-23-13-11-21-46(48)49)37-26-30-42(31-27-37)56(41-18-8-3-9-19-41)44-34-32-43(33-35-44)55(39-14-4-1-5-15-39)40-16-6-2-7-17-40/h1-35H. The molecule has 0 N–H and O–H groups in total. The van der Waals surface area contributed by atoms with Crippen LogP contribution in [-0.4, -0.2) is 0 Å². The van der Waals surface area contributed by atoms with Crippen LogP contribution < -0.4 is 9.80 Å². The maximum absolute atomic E-state index is 13.5. The summed E-state index contributed by atoms with van der Waals surface area (Å²) in [5, 5.41) is 4.03. The van der Waals surface area contributed by atoms with Gasteiger partial charge >= 0.3 is 6.18 Å². The maximum atomic E-state index is 13.5. The number of benzene rings is 9. The van der Waals surface area contributed by atoms with Gasteiger partial charge in [-0.05, 0) is 129 Å². The van der Waals surface area contributed by atoms with Gasteiger partial charge in [0.15, 0.2) is 0 Å². The van der Waals surface area contributed by atoms with Gasteiger partial charge in [0.05, 0.1) is 5.56 Å². The number of anilines is 6. The van der Waals surface area contributed by atoms with E-state index in [2.05, 4.69) is 143 Å². The minimum atomic E-state index is -4.40. The number of para-hydroxylation sites is 3. The third-order valence-corrected chi connectivity index (χ3v) is 10.3. The molecule has 9 aromatic carbocycles. The highest BCUT2D eigenvalue weighted by molar-refractivity contribution is 6.21. The second-order valence-electron chi connectivity index (χ2n) is 13.7. The summed E-state index contributed by atoms with van der Waals surface area (Å²) in [4.78, 5) is 4.51. The lowest BCUT2D eigenvalue weighted by Gasteiger charge is -2.28. The minimum Gasteiger partial charge on any atom is -0.311 e. The molecule has 0 radical (unpaired) electrons. The summed E-state index contributed by atoms with van der Waals surface area (Å²) in [6.07, 6.45) is -4.40. The summed E-state index contributed by atoms with van der Waals surface area (Å²) in [5.41, 5.74) is 9.39. The molecule has 0 aliphatic heterocycles. The molecule has 0 spiro atoms. The van der Waals surface area contributed by atoms with E-state index < -0.39 is 11.7 Å². The number of halogens is 3. The van der Waals surface area contributed by atoms with Crippen LogP contribution in [0.1, 0.15) is 5.56 Å². The van der Waals surface area contributed by atoms with E-state index in [9.17, 15) is 13.2 Å². The van der Waals surface area contributed by atoms with Crippen molar-refractivity contribution >= 4 is 55.7 Å². The molecule has 5 heteroatoms. The number of hydrogen-bond acceptors (Lipinski definition) is 2.